The Labute approximate surface area is 158 Å². The van der Waals surface area contributed by atoms with Crippen LogP contribution in [0.5, 0.6) is 0 Å². The molecule has 0 unspecified atom stereocenters. The molecule has 1 heterocycles. The molecule has 1 aliphatic rings. The van der Waals surface area contributed by atoms with Crippen LogP contribution < -0.4 is 5.32 Å². The van der Waals surface area contributed by atoms with E-state index in [4.69, 9.17) is 10.2 Å². The van der Waals surface area contributed by atoms with E-state index in [2.05, 4.69) is 30.4 Å². The molecule has 0 saturated heterocycles. The van der Waals surface area contributed by atoms with E-state index in [9.17, 15) is 9.59 Å². The smallest absolute Gasteiger partial charge is 0.303 e. The van der Waals surface area contributed by atoms with Crippen LogP contribution in [0.1, 0.15) is 47.7 Å². The van der Waals surface area contributed by atoms with Crippen molar-refractivity contribution in [1.29, 1.82) is 0 Å². The van der Waals surface area contributed by atoms with Crippen LogP contribution in [0.25, 0.3) is 0 Å². The van der Waals surface area contributed by atoms with E-state index >= 15 is 0 Å². The Kier molecular flexibility index (Phi) is 5.74. The third-order valence-corrected chi connectivity index (χ3v) is 4.98. The first kappa shape index (κ1) is 18.9. The molecule has 2 aromatic rings. The highest BCUT2D eigenvalue weighted by molar-refractivity contribution is 5.81. The monoisotopic (exact) mass is 367 g/mol. The maximum absolute atomic E-state index is 11.9. The van der Waals surface area contributed by atoms with Crippen molar-refractivity contribution in [1.82, 2.24) is 15.1 Å². The molecular formula is C21H25N3O3. The minimum atomic E-state index is -0.956. The Morgan fingerprint density at radius 2 is 1.93 bits per heavy atom. The van der Waals surface area contributed by atoms with Gasteiger partial charge in [-0.3, -0.25) is 14.3 Å². The lowest BCUT2D eigenvalue weighted by Crippen LogP contribution is -2.32. The number of aryl methyl sites for hydroxylation is 1. The second-order valence-corrected chi connectivity index (χ2v) is 7.02. The second-order valence-electron chi connectivity index (χ2n) is 7.02. The average Bonchev–Trinajstić information content (AvgIpc) is 3.18. The van der Waals surface area contributed by atoms with E-state index in [1.807, 2.05) is 35.9 Å². The SMILES string of the molecule is Cc1nn(Cc2ccccc2)c(C)c1[C@H]1C=C[C@@H](NC(=O)CCC(=O)O)C1. The van der Waals surface area contributed by atoms with Gasteiger partial charge in [0.15, 0.2) is 0 Å². The van der Waals surface area contributed by atoms with Crippen molar-refractivity contribution in [2.24, 2.45) is 0 Å². The van der Waals surface area contributed by atoms with Gasteiger partial charge in [0.2, 0.25) is 5.91 Å². The van der Waals surface area contributed by atoms with Crippen LogP contribution >= 0.6 is 0 Å². The van der Waals surface area contributed by atoms with Gasteiger partial charge in [0, 0.05) is 29.6 Å². The van der Waals surface area contributed by atoms with Crippen LogP contribution in [0.15, 0.2) is 42.5 Å². The number of nitrogens with zero attached hydrogens (tertiary/aromatic N) is 2. The molecule has 0 saturated carbocycles. The van der Waals surface area contributed by atoms with Gasteiger partial charge in [0.1, 0.15) is 0 Å². The standard InChI is InChI=1S/C21H25N3O3/c1-14-21(15(2)24(23-14)13-16-6-4-3-5-7-16)17-8-9-18(12-17)22-19(25)10-11-20(26)27/h3-9,17-18H,10-13H2,1-2H3,(H,22,25)(H,26,27)/t17-,18+/m0/s1. The summed E-state index contributed by atoms with van der Waals surface area (Å²) in [6, 6.07) is 10.2. The van der Waals surface area contributed by atoms with Crippen LogP contribution in [0.4, 0.5) is 0 Å². The Bertz CT molecular complexity index is 855. The molecule has 27 heavy (non-hydrogen) atoms. The van der Waals surface area contributed by atoms with E-state index in [0.29, 0.717) is 0 Å². The molecule has 2 N–H and O–H groups in total. The molecule has 6 heteroatoms. The van der Waals surface area contributed by atoms with Crippen LogP contribution in [0.2, 0.25) is 0 Å². The third kappa shape index (κ3) is 4.64. The van der Waals surface area contributed by atoms with Gasteiger partial charge >= 0.3 is 5.97 Å². The van der Waals surface area contributed by atoms with Crippen LogP contribution in [0, 0.1) is 13.8 Å². The summed E-state index contributed by atoms with van der Waals surface area (Å²) in [5.41, 5.74) is 4.57. The van der Waals surface area contributed by atoms with Crippen LogP contribution in [-0.2, 0) is 16.1 Å². The molecule has 0 fully saturated rings. The van der Waals surface area contributed by atoms with Gasteiger partial charge in [-0.1, -0.05) is 42.5 Å². The third-order valence-electron chi connectivity index (χ3n) is 4.98. The summed E-state index contributed by atoms with van der Waals surface area (Å²) >= 11 is 0. The van der Waals surface area contributed by atoms with Crippen molar-refractivity contribution in [3.63, 3.8) is 0 Å². The number of amides is 1. The topological polar surface area (TPSA) is 84.2 Å². The molecule has 1 aliphatic carbocycles. The number of carbonyl (C=O) groups is 2. The lowest BCUT2D eigenvalue weighted by Gasteiger charge is -2.14. The Morgan fingerprint density at radius 3 is 2.63 bits per heavy atom. The summed E-state index contributed by atoms with van der Waals surface area (Å²) in [4.78, 5) is 22.4. The van der Waals surface area contributed by atoms with E-state index in [1.54, 1.807) is 0 Å². The van der Waals surface area contributed by atoms with Crippen molar-refractivity contribution in [2.45, 2.75) is 51.6 Å². The summed E-state index contributed by atoms with van der Waals surface area (Å²) in [7, 11) is 0. The van der Waals surface area contributed by atoms with Gasteiger partial charge in [0.05, 0.1) is 18.7 Å². The fourth-order valence-corrected chi connectivity index (χ4v) is 3.68. The predicted molar refractivity (Wildman–Crippen MR) is 103 cm³/mol. The number of hydrogen-bond donors (Lipinski definition) is 2. The summed E-state index contributed by atoms with van der Waals surface area (Å²) < 4.78 is 2.03. The highest BCUT2D eigenvalue weighted by atomic mass is 16.4. The largest absolute Gasteiger partial charge is 0.481 e. The summed E-state index contributed by atoms with van der Waals surface area (Å²) in [6.07, 6.45) is 4.76. The Balaban J connectivity index is 1.65. The van der Waals surface area contributed by atoms with Gasteiger partial charge < -0.3 is 10.4 Å². The first-order chi connectivity index (χ1) is 12.9. The number of carbonyl (C=O) groups excluding carboxylic acids is 1. The maximum atomic E-state index is 11.9. The lowest BCUT2D eigenvalue weighted by molar-refractivity contribution is -0.138. The minimum Gasteiger partial charge on any atom is -0.481 e. The molecule has 142 valence electrons. The number of carboxylic acids is 1. The fourth-order valence-electron chi connectivity index (χ4n) is 3.68. The van der Waals surface area contributed by atoms with Gasteiger partial charge in [-0.2, -0.15) is 5.10 Å². The molecule has 6 nitrogen and oxygen atoms in total. The molecule has 0 spiro atoms. The first-order valence-electron chi connectivity index (χ1n) is 9.21. The number of aromatic nitrogens is 2. The molecule has 1 amide bonds. The van der Waals surface area contributed by atoms with Crippen LogP contribution in [-0.4, -0.2) is 32.8 Å². The number of benzene rings is 1. The van der Waals surface area contributed by atoms with E-state index in [1.165, 1.54) is 11.1 Å². The number of allylic oxidation sites excluding steroid dienone is 1. The molecule has 0 aliphatic heterocycles. The number of rotatable bonds is 7. The van der Waals surface area contributed by atoms with E-state index < -0.39 is 5.97 Å². The number of hydrogen-bond acceptors (Lipinski definition) is 3. The van der Waals surface area contributed by atoms with Crippen molar-refractivity contribution < 1.29 is 14.7 Å². The number of nitrogens with one attached hydrogen (secondary N) is 1. The number of aliphatic carboxylic acids is 1. The van der Waals surface area contributed by atoms with Gasteiger partial charge in [-0.25, -0.2) is 0 Å². The summed E-state index contributed by atoms with van der Waals surface area (Å²) in [5, 5.41) is 16.3. The molecule has 0 bridgehead atoms. The quantitative estimate of drug-likeness (QED) is 0.737. The van der Waals surface area contributed by atoms with Crippen LogP contribution in [0.3, 0.4) is 0 Å². The molecule has 1 aromatic carbocycles. The van der Waals surface area contributed by atoms with Gasteiger partial charge in [0.25, 0.3) is 0 Å². The number of carboxylic acid groups (broad SMARTS) is 1. The highest BCUT2D eigenvalue weighted by Gasteiger charge is 2.26. The van der Waals surface area contributed by atoms with E-state index in [0.717, 1.165) is 24.4 Å². The Hall–Kier alpha value is -2.89. The molecule has 2 atom stereocenters. The summed E-state index contributed by atoms with van der Waals surface area (Å²) in [6.45, 7) is 4.85. The van der Waals surface area contributed by atoms with Gasteiger partial charge in [-0.15, -0.1) is 0 Å². The lowest BCUT2D eigenvalue weighted by atomic mass is 9.96. The van der Waals surface area contributed by atoms with Crippen molar-refractivity contribution in [2.75, 3.05) is 0 Å². The molecule has 1 aromatic heterocycles. The van der Waals surface area contributed by atoms with Crippen molar-refractivity contribution >= 4 is 11.9 Å². The highest BCUT2D eigenvalue weighted by Crippen LogP contribution is 2.33. The molecule has 3 rings (SSSR count). The maximum Gasteiger partial charge on any atom is 0.303 e. The van der Waals surface area contributed by atoms with Crippen molar-refractivity contribution in [3.05, 3.63) is 65.0 Å². The fraction of sp³-hybridized carbons (Fsp3) is 0.381. The zero-order valence-electron chi connectivity index (χ0n) is 15.7. The summed E-state index contributed by atoms with van der Waals surface area (Å²) in [5.74, 6) is -0.970. The zero-order chi connectivity index (χ0) is 19.4. The normalized spacial score (nSPS) is 18.6. The van der Waals surface area contributed by atoms with E-state index in [-0.39, 0.29) is 30.7 Å². The minimum absolute atomic E-state index is 0.0113. The average molecular weight is 367 g/mol. The zero-order valence-corrected chi connectivity index (χ0v) is 15.7. The second kappa shape index (κ2) is 8.20. The predicted octanol–water partition coefficient (Wildman–Crippen LogP) is 2.94. The molecular weight excluding hydrogens is 342 g/mol. The molecule has 0 radical (unpaired) electrons. The van der Waals surface area contributed by atoms with Gasteiger partial charge in [-0.05, 0) is 25.8 Å². The van der Waals surface area contributed by atoms with Crippen molar-refractivity contribution in [3.8, 4) is 0 Å². The first-order valence-corrected chi connectivity index (χ1v) is 9.21. The Morgan fingerprint density at radius 1 is 1.19 bits per heavy atom.